The number of thiophene rings is 1. The van der Waals surface area contributed by atoms with Gasteiger partial charge in [0.1, 0.15) is 0 Å². The second-order valence-corrected chi connectivity index (χ2v) is 6.96. The van der Waals surface area contributed by atoms with Crippen LogP contribution in [0.5, 0.6) is 0 Å². The zero-order valence-corrected chi connectivity index (χ0v) is 13.9. The molecule has 5 nitrogen and oxygen atoms in total. The van der Waals surface area contributed by atoms with Crippen LogP contribution >= 0.6 is 11.3 Å². The first-order chi connectivity index (χ1) is 11.7. The summed E-state index contributed by atoms with van der Waals surface area (Å²) < 4.78 is 0. The van der Waals surface area contributed by atoms with Gasteiger partial charge in [-0.05, 0) is 30.4 Å². The number of rotatable bonds is 3. The molecule has 2 aromatic heterocycles. The number of H-pyrrole nitrogens is 1. The molecule has 6 heteroatoms. The molecule has 1 unspecified atom stereocenters. The van der Waals surface area contributed by atoms with Crippen molar-refractivity contribution in [2.24, 2.45) is 0 Å². The molecule has 1 atom stereocenters. The number of amides is 1. The topological polar surface area (TPSA) is 66.1 Å². The van der Waals surface area contributed by atoms with E-state index in [1.807, 2.05) is 34.5 Å². The van der Waals surface area contributed by atoms with Crippen molar-refractivity contribution >= 4 is 28.0 Å². The van der Waals surface area contributed by atoms with E-state index < -0.39 is 0 Å². The zero-order valence-electron chi connectivity index (χ0n) is 13.1. The van der Waals surface area contributed by atoms with Crippen LogP contribution in [0.3, 0.4) is 0 Å². The van der Waals surface area contributed by atoms with Crippen LogP contribution in [0.1, 0.15) is 29.5 Å². The van der Waals surface area contributed by atoms with Crippen molar-refractivity contribution in [2.45, 2.75) is 25.3 Å². The number of hydrogen-bond acceptors (Lipinski definition) is 4. The van der Waals surface area contributed by atoms with E-state index >= 15 is 0 Å². The van der Waals surface area contributed by atoms with Gasteiger partial charge in [-0.1, -0.05) is 24.3 Å². The summed E-state index contributed by atoms with van der Waals surface area (Å²) in [5.74, 6) is 0.0654. The molecular weight excluding hydrogens is 322 g/mol. The highest BCUT2D eigenvalue weighted by Crippen LogP contribution is 2.34. The van der Waals surface area contributed by atoms with Gasteiger partial charge in [0.2, 0.25) is 5.91 Å². The van der Waals surface area contributed by atoms with Gasteiger partial charge in [0.05, 0.1) is 23.5 Å². The lowest BCUT2D eigenvalue weighted by Gasteiger charge is -2.24. The van der Waals surface area contributed by atoms with E-state index in [-0.39, 0.29) is 23.9 Å². The Labute approximate surface area is 142 Å². The minimum absolute atomic E-state index is 0.0654. The summed E-state index contributed by atoms with van der Waals surface area (Å²) in [6.45, 7) is 0.780. The predicted octanol–water partition coefficient (Wildman–Crippen LogP) is 2.89. The molecule has 1 aromatic carbocycles. The van der Waals surface area contributed by atoms with Crippen LogP contribution in [0.2, 0.25) is 0 Å². The van der Waals surface area contributed by atoms with Crippen LogP contribution in [-0.2, 0) is 11.2 Å². The molecule has 0 saturated carbocycles. The van der Waals surface area contributed by atoms with Crippen LogP contribution in [0.15, 0.2) is 46.6 Å². The quantitative estimate of drug-likeness (QED) is 0.798. The molecule has 1 amide bonds. The molecule has 0 radical (unpaired) electrons. The van der Waals surface area contributed by atoms with Gasteiger partial charge in [-0.25, -0.2) is 5.10 Å². The fourth-order valence-corrected chi connectivity index (χ4v) is 4.27. The number of benzene rings is 1. The lowest BCUT2D eigenvalue weighted by atomic mass is 10.1. The van der Waals surface area contributed by atoms with Gasteiger partial charge in [0, 0.05) is 16.8 Å². The second kappa shape index (κ2) is 6.20. The lowest BCUT2D eigenvalue weighted by molar-refractivity contribution is -0.131. The van der Waals surface area contributed by atoms with Crippen molar-refractivity contribution in [3.05, 3.63) is 62.7 Å². The molecule has 4 rings (SSSR count). The largest absolute Gasteiger partial charge is 0.335 e. The third-order valence-electron chi connectivity index (χ3n) is 4.54. The number of fused-ring (bicyclic) bond motifs is 1. The molecule has 0 bridgehead atoms. The molecule has 1 aliphatic heterocycles. The Bertz CT molecular complexity index is 933. The molecule has 3 heterocycles. The average molecular weight is 339 g/mol. The minimum atomic E-state index is -0.223. The number of nitrogens with one attached hydrogen (secondary N) is 1. The van der Waals surface area contributed by atoms with Crippen molar-refractivity contribution in [3.63, 3.8) is 0 Å². The third kappa shape index (κ3) is 2.63. The number of nitrogens with zero attached hydrogens (tertiary/aromatic N) is 2. The number of aromatic amines is 1. The lowest BCUT2D eigenvalue weighted by Crippen LogP contribution is -2.32. The highest BCUT2D eigenvalue weighted by atomic mass is 32.1. The average Bonchev–Trinajstić information content (AvgIpc) is 3.28. The van der Waals surface area contributed by atoms with Crippen LogP contribution < -0.4 is 5.56 Å². The summed E-state index contributed by atoms with van der Waals surface area (Å²) >= 11 is 1.70. The van der Waals surface area contributed by atoms with E-state index in [2.05, 4.69) is 16.3 Å². The maximum absolute atomic E-state index is 12.8. The molecule has 0 aliphatic carbocycles. The summed E-state index contributed by atoms with van der Waals surface area (Å²) in [5.41, 5.74) is 0.409. The summed E-state index contributed by atoms with van der Waals surface area (Å²) in [6.07, 6.45) is 2.24. The van der Waals surface area contributed by atoms with Gasteiger partial charge in [-0.3, -0.25) is 9.59 Å². The van der Waals surface area contributed by atoms with E-state index in [1.165, 1.54) is 4.88 Å². The maximum Gasteiger partial charge on any atom is 0.272 e. The SMILES string of the molecule is O=C(Cc1n[nH]c(=O)c2ccccc12)N1CCCC1c1cccs1. The van der Waals surface area contributed by atoms with Crippen molar-refractivity contribution in [2.75, 3.05) is 6.54 Å². The minimum Gasteiger partial charge on any atom is -0.335 e. The van der Waals surface area contributed by atoms with E-state index in [0.717, 1.165) is 24.8 Å². The highest BCUT2D eigenvalue weighted by molar-refractivity contribution is 7.10. The van der Waals surface area contributed by atoms with Crippen LogP contribution in [0.4, 0.5) is 0 Å². The molecule has 1 N–H and O–H groups in total. The molecule has 1 fully saturated rings. The van der Waals surface area contributed by atoms with Crippen LogP contribution in [-0.4, -0.2) is 27.5 Å². The Kier molecular flexibility index (Phi) is 3.90. The van der Waals surface area contributed by atoms with Gasteiger partial charge in [0.15, 0.2) is 0 Å². The molecule has 1 saturated heterocycles. The zero-order chi connectivity index (χ0) is 16.5. The normalized spacial score (nSPS) is 17.5. The maximum atomic E-state index is 12.8. The van der Waals surface area contributed by atoms with E-state index in [9.17, 15) is 9.59 Å². The van der Waals surface area contributed by atoms with E-state index in [0.29, 0.717) is 11.1 Å². The first-order valence-electron chi connectivity index (χ1n) is 8.03. The van der Waals surface area contributed by atoms with Crippen LogP contribution in [0, 0.1) is 0 Å². The first kappa shape index (κ1) is 15.1. The number of likely N-dealkylation sites (tertiary alicyclic amines) is 1. The summed E-state index contributed by atoms with van der Waals surface area (Å²) in [4.78, 5) is 27.9. The molecule has 0 spiro atoms. The van der Waals surface area contributed by atoms with Crippen molar-refractivity contribution in [3.8, 4) is 0 Å². The monoisotopic (exact) mass is 339 g/mol. The van der Waals surface area contributed by atoms with Crippen molar-refractivity contribution in [1.29, 1.82) is 0 Å². The number of carbonyl (C=O) groups is 1. The highest BCUT2D eigenvalue weighted by Gasteiger charge is 2.30. The Morgan fingerprint density at radius 2 is 2.08 bits per heavy atom. The molecule has 1 aliphatic rings. The van der Waals surface area contributed by atoms with Gasteiger partial charge in [-0.15, -0.1) is 11.3 Å². The Morgan fingerprint density at radius 1 is 1.25 bits per heavy atom. The molecular formula is C18H17N3O2S. The molecule has 24 heavy (non-hydrogen) atoms. The van der Waals surface area contributed by atoms with Crippen molar-refractivity contribution < 1.29 is 4.79 Å². The van der Waals surface area contributed by atoms with Gasteiger partial charge >= 0.3 is 0 Å². The third-order valence-corrected chi connectivity index (χ3v) is 5.51. The molecule has 3 aromatic rings. The van der Waals surface area contributed by atoms with E-state index in [1.54, 1.807) is 17.4 Å². The number of hydrogen-bond donors (Lipinski definition) is 1. The second-order valence-electron chi connectivity index (χ2n) is 5.98. The Balaban J connectivity index is 1.63. The summed E-state index contributed by atoms with van der Waals surface area (Å²) in [6, 6.07) is 11.6. The smallest absolute Gasteiger partial charge is 0.272 e. The standard InChI is InChI=1S/C18H17N3O2S/c22-17(21-9-3-7-15(21)16-8-4-10-24-16)11-14-12-5-1-2-6-13(12)18(23)20-19-14/h1-2,4-6,8,10,15H,3,7,9,11H2,(H,20,23). The first-order valence-corrected chi connectivity index (χ1v) is 8.91. The number of aromatic nitrogens is 2. The summed E-state index contributed by atoms with van der Waals surface area (Å²) in [7, 11) is 0. The van der Waals surface area contributed by atoms with Gasteiger partial charge in [0.25, 0.3) is 5.56 Å². The number of carbonyl (C=O) groups excluding carboxylic acids is 1. The fourth-order valence-electron chi connectivity index (χ4n) is 3.39. The molecule has 122 valence electrons. The van der Waals surface area contributed by atoms with Gasteiger partial charge in [-0.2, -0.15) is 5.10 Å². The van der Waals surface area contributed by atoms with Crippen LogP contribution in [0.25, 0.3) is 10.8 Å². The Morgan fingerprint density at radius 3 is 2.88 bits per heavy atom. The fraction of sp³-hybridized carbons (Fsp3) is 0.278. The Hall–Kier alpha value is -2.47. The van der Waals surface area contributed by atoms with Gasteiger partial charge < -0.3 is 4.90 Å². The van der Waals surface area contributed by atoms with Crippen molar-refractivity contribution in [1.82, 2.24) is 15.1 Å². The van der Waals surface area contributed by atoms with E-state index in [4.69, 9.17) is 0 Å². The summed E-state index contributed by atoms with van der Waals surface area (Å²) in [5, 5.41) is 10.0. The predicted molar refractivity (Wildman–Crippen MR) is 94.1 cm³/mol.